The molecule has 1 unspecified atom stereocenters. The number of hydrogen-bond donors (Lipinski definition) is 0. The highest BCUT2D eigenvalue weighted by Crippen LogP contribution is 2.37. The van der Waals surface area contributed by atoms with Crippen LogP contribution in [0.1, 0.15) is 6.42 Å². The van der Waals surface area contributed by atoms with Crippen molar-refractivity contribution < 1.29 is 4.74 Å². The molecule has 2 atom stereocenters. The van der Waals surface area contributed by atoms with Crippen molar-refractivity contribution in [3.05, 3.63) is 10.6 Å². The van der Waals surface area contributed by atoms with Gasteiger partial charge in [-0.3, -0.25) is 0 Å². The fraction of sp³-hybridized carbons (Fsp3) is 0.500. The van der Waals surface area contributed by atoms with E-state index in [1.165, 1.54) is 0 Å². The van der Waals surface area contributed by atoms with Crippen molar-refractivity contribution in [2.24, 2.45) is 11.8 Å². The molecule has 0 saturated heterocycles. The lowest BCUT2D eigenvalue weighted by molar-refractivity contribution is 0.272. The number of halogens is 2. The molecule has 1 aliphatic rings. The van der Waals surface area contributed by atoms with E-state index in [1.54, 1.807) is 0 Å². The third kappa shape index (κ3) is 2.67. The Kier molecular flexibility index (Phi) is 2.89. The maximum Gasteiger partial charge on any atom is 0.322 e. The van der Waals surface area contributed by atoms with Crippen molar-refractivity contribution >= 4 is 23.2 Å². The van der Waals surface area contributed by atoms with E-state index in [1.807, 2.05) is 0 Å². The van der Waals surface area contributed by atoms with Crippen LogP contribution in [0, 0.1) is 23.2 Å². The van der Waals surface area contributed by atoms with Gasteiger partial charge in [0.2, 0.25) is 10.6 Å². The Morgan fingerprint density at radius 2 is 2.00 bits per heavy atom. The van der Waals surface area contributed by atoms with Gasteiger partial charge in [0.1, 0.15) is 0 Å². The number of aromatic nitrogens is 3. The van der Waals surface area contributed by atoms with Crippen LogP contribution in [0.25, 0.3) is 0 Å². The molecule has 5 nitrogen and oxygen atoms in total. The van der Waals surface area contributed by atoms with Crippen LogP contribution in [0.5, 0.6) is 6.01 Å². The lowest BCUT2D eigenvalue weighted by atomic mass is 10.3. The Bertz CT molecular complexity index is 399. The van der Waals surface area contributed by atoms with E-state index in [0.717, 1.165) is 6.42 Å². The van der Waals surface area contributed by atoms with Gasteiger partial charge >= 0.3 is 6.01 Å². The highest BCUT2D eigenvalue weighted by atomic mass is 35.5. The largest absolute Gasteiger partial charge is 0.463 e. The first-order chi connectivity index (χ1) is 7.19. The van der Waals surface area contributed by atoms with Crippen molar-refractivity contribution in [3.63, 3.8) is 0 Å². The number of hydrogen-bond acceptors (Lipinski definition) is 5. The monoisotopic (exact) mass is 244 g/mol. The Labute approximate surface area is 96.0 Å². The van der Waals surface area contributed by atoms with Crippen LogP contribution < -0.4 is 4.74 Å². The Balaban J connectivity index is 1.92. The molecule has 7 heteroatoms. The number of rotatable bonds is 3. The highest BCUT2D eigenvalue weighted by molar-refractivity contribution is 6.31. The van der Waals surface area contributed by atoms with Crippen LogP contribution in [0.3, 0.4) is 0 Å². The minimum absolute atomic E-state index is 0.00219. The lowest BCUT2D eigenvalue weighted by Gasteiger charge is -2.02. The van der Waals surface area contributed by atoms with E-state index in [9.17, 15) is 0 Å². The summed E-state index contributed by atoms with van der Waals surface area (Å²) in [5.74, 6) is 0.363. The van der Waals surface area contributed by atoms with Crippen LogP contribution in [0.15, 0.2) is 0 Å². The molecular formula is C8H6Cl2N4O. The molecular weight excluding hydrogens is 239 g/mol. The van der Waals surface area contributed by atoms with Gasteiger partial charge in [0.05, 0.1) is 18.6 Å². The van der Waals surface area contributed by atoms with Crippen molar-refractivity contribution in [1.29, 1.82) is 5.26 Å². The van der Waals surface area contributed by atoms with Gasteiger partial charge in [0, 0.05) is 5.92 Å². The van der Waals surface area contributed by atoms with Crippen molar-refractivity contribution in [1.82, 2.24) is 15.0 Å². The minimum Gasteiger partial charge on any atom is -0.463 e. The maximum atomic E-state index is 8.57. The fourth-order valence-electron chi connectivity index (χ4n) is 1.15. The maximum absolute atomic E-state index is 8.57. The van der Waals surface area contributed by atoms with Gasteiger partial charge in [-0.2, -0.15) is 20.2 Å². The average Bonchev–Trinajstić information content (AvgIpc) is 2.91. The zero-order valence-corrected chi connectivity index (χ0v) is 9.03. The first-order valence-corrected chi connectivity index (χ1v) is 5.04. The van der Waals surface area contributed by atoms with E-state index in [0.29, 0.717) is 6.61 Å². The van der Waals surface area contributed by atoms with Gasteiger partial charge in [0.15, 0.2) is 0 Å². The molecule has 1 saturated carbocycles. The SMILES string of the molecule is N#C[C@@H]1CC1COc1nc(Cl)nc(Cl)n1. The van der Waals surface area contributed by atoms with Crippen molar-refractivity contribution in [3.8, 4) is 12.1 Å². The van der Waals surface area contributed by atoms with Gasteiger partial charge < -0.3 is 4.74 Å². The molecule has 1 aromatic heterocycles. The van der Waals surface area contributed by atoms with E-state index < -0.39 is 0 Å². The van der Waals surface area contributed by atoms with E-state index in [4.69, 9.17) is 33.2 Å². The molecule has 0 spiro atoms. The molecule has 1 aromatic rings. The molecule has 1 fully saturated rings. The summed E-state index contributed by atoms with van der Waals surface area (Å²) in [5, 5.41) is 8.57. The number of ether oxygens (including phenoxy) is 1. The first kappa shape index (κ1) is 10.4. The van der Waals surface area contributed by atoms with Gasteiger partial charge in [-0.25, -0.2) is 0 Å². The van der Waals surface area contributed by atoms with Crippen molar-refractivity contribution in [2.45, 2.75) is 6.42 Å². The summed E-state index contributed by atoms with van der Waals surface area (Å²) in [5.41, 5.74) is 0. The number of nitriles is 1. The summed E-state index contributed by atoms with van der Waals surface area (Å²) < 4.78 is 5.24. The standard InChI is InChI=1S/C8H6Cl2N4O/c9-6-12-7(10)14-8(13-6)15-3-5-1-4(5)2-11/h4-5H,1,3H2/t4-,5?/m0/s1. The predicted octanol–water partition coefficient (Wildman–Crippen LogP) is 1.72. The van der Waals surface area contributed by atoms with Crippen molar-refractivity contribution in [2.75, 3.05) is 6.61 Å². The lowest BCUT2D eigenvalue weighted by Crippen LogP contribution is -2.05. The molecule has 1 aliphatic carbocycles. The molecule has 78 valence electrons. The van der Waals surface area contributed by atoms with E-state index in [2.05, 4.69) is 21.0 Å². The molecule has 0 bridgehead atoms. The topological polar surface area (TPSA) is 71.7 Å². The number of nitrogens with zero attached hydrogens (tertiary/aromatic N) is 4. The van der Waals surface area contributed by atoms with Gasteiger partial charge in [-0.1, -0.05) is 0 Å². The Morgan fingerprint density at radius 3 is 2.53 bits per heavy atom. The van der Waals surface area contributed by atoms with E-state index >= 15 is 0 Å². The van der Waals surface area contributed by atoms with Crippen LogP contribution in [-0.2, 0) is 0 Å². The quantitative estimate of drug-likeness (QED) is 0.810. The third-order valence-corrected chi connectivity index (χ3v) is 2.41. The molecule has 15 heavy (non-hydrogen) atoms. The van der Waals surface area contributed by atoms with Gasteiger partial charge in [0.25, 0.3) is 0 Å². The summed E-state index contributed by atoms with van der Waals surface area (Å²) in [7, 11) is 0. The summed E-state index contributed by atoms with van der Waals surface area (Å²) in [6.45, 7) is 0.412. The van der Waals surface area contributed by atoms with Gasteiger partial charge in [-0.05, 0) is 29.6 Å². The smallest absolute Gasteiger partial charge is 0.322 e. The normalized spacial score (nSPS) is 23.3. The molecule has 1 heterocycles. The van der Waals surface area contributed by atoms with Crippen LogP contribution in [0.4, 0.5) is 0 Å². The molecule has 2 rings (SSSR count). The highest BCUT2D eigenvalue weighted by Gasteiger charge is 2.38. The zero-order valence-electron chi connectivity index (χ0n) is 7.52. The predicted molar refractivity (Wildman–Crippen MR) is 52.6 cm³/mol. The molecule has 0 amide bonds. The second-order valence-electron chi connectivity index (χ2n) is 3.20. The average molecular weight is 245 g/mol. The van der Waals surface area contributed by atoms with Crippen LogP contribution in [-0.4, -0.2) is 21.6 Å². The van der Waals surface area contributed by atoms with E-state index in [-0.39, 0.29) is 28.4 Å². The first-order valence-electron chi connectivity index (χ1n) is 4.28. The van der Waals surface area contributed by atoms with Gasteiger partial charge in [-0.15, -0.1) is 0 Å². The molecule has 0 aromatic carbocycles. The summed E-state index contributed by atoms with van der Waals surface area (Å²) in [6.07, 6.45) is 0.864. The summed E-state index contributed by atoms with van der Waals surface area (Å²) in [6, 6.07) is 2.26. The molecule has 0 N–H and O–H groups in total. The Hall–Kier alpha value is -1.12. The van der Waals surface area contributed by atoms with Crippen LogP contribution >= 0.6 is 23.2 Å². The third-order valence-electron chi connectivity index (χ3n) is 2.08. The Morgan fingerprint density at radius 1 is 1.33 bits per heavy atom. The fourth-order valence-corrected chi connectivity index (χ4v) is 1.49. The summed E-state index contributed by atoms with van der Waals surface area (Å²) >= 11 is 11.1. The second kappa shape index (κ2) is 4.17. The zero-order chi connectivity index (χ0) is 10.8. The second-order valence-corrected chi connectivity index (χ2v) is 3.87. The summed E-state index contributed by atoms with van der Waals surface area (Å²) in [4.78, 5) is 11.1. The minimum atomic E-state index is -0.00219. The molecule has 0 aliphatic heterocycles. The molecule has 0 radical (unpaired) electrons. The van der Waals surface area contributed by atoms with Crippen LogP contribution in [0.2, 0.25) is 10.6 Å².